The zero-order chi connectivity index (χ0) is 14.8. The van der Waals surface area contributed by atoms with Crippen LogP contribution in [0.2, 0.25) is 0 Å². The fourth-order valence-electron chi connectivity index (χ4n) is 2.73. The SMILES string of the molecule is [CH2]Cc1c(N2CCN(C)CC2)nn(-c2ccccc2)c1N. The van der Waals surface area contributed by atoms with E-state index >= 15 is 0 Å². The fourth-order valence-corrected chi connectivity index (χ4v) is 2.73. The number of hydrogen-bond acceptors (Lipinski definition) is 4. The molecule has 0 unspecified atom stereocenters. The summed E-state index contributed by atoms with van der Waals surface area (Å²) in [5.41, 5.74) is 8.34. The second kappa shape index (κ2) is 5.77. The summed E-state index contributed by atoms with van der Waals surface area (Å²) in [6.07, 6.45) is 0.653. The smallest absolute Gasteiger partial charge is 0.156 e. The van der Waals surface area contributed by atoms with E-state index in [1.165, 1.54) is 0 Å². The Morgan fingerprint density at radius 3 is 2.43 bits per heavy atom. The van der Waals surface area contributed by atoms with Gasteiger partial charge >= 0.3 is 0 Å². The van der Waals surface area contributed by atoms with Crippen LogP contribution in [0.15, 0.2) is 30.3 Å². The van der Waals surface area contributed by atoms with Crippen molar-refractivity contribution in [1.82, 2.24) is 14.7 Å². The fraction of sp³-hybridized carbons (Fsp3) is 0.375. The third-order valence-corrected chi connectivity index (χ3v) is 4.06. The summed E-state index contributed by atoms with van der Waals surface area (Å²) in [7, 11) is 2.15. The second-order valence-electron chi connectivity index (χ2n) is 5.48. The molecule has 0 bridgehead atoms. The molecule has 1 aromatic heterocycles. The zero-order valence-corrected chi connectivity index (χ0v) is 12.5. The molecule has 5 heteroatoms. The van der Waals surface area contributed by atoms with Gasteiger partial charge in [-0.05, 0) is 32.5 Å². The first-order chi connectivity index (χ1) is 10.2. The van der Waals surface area contributed by atoms with Crippen LogP contribution in [0.1, 0.15) is 5.56 Å². The lowest BCUT2D eigenvalue weighted by molar-refractivity contribution is 0.311. The van der Waals surface area contributed by atoms with E-state index in [4.69, 9.17) is 10.8 Å². The van der Waals surface area contributed by atoms with Gasteiger partial charge in [-0.1, -0.05) is 18.2 Å². The molecule has 1 radical (unpaired) electrons. The van der Waals surface area contributed by atoms with Crippen LogP contribution in [0.3, 0.4) is 0 Å². The third kappa shape index (κ3) is 2.61. The van der Waals surface area contributed by atoms with Crippen LogP contribution in [0.5, 0.6) is 0 Å². The minimum atomic E-state index is 0.653. The van der Waals surface area contributed by atoms with Gasteiger partial charge in [-0.15, -0.1) is 5.10 Å². The molecule has 3 rings (SSSR count). The van der Waals surface area contributed by atoms with Crippen LogP contribution < -0.4 is 10.6 Å². The Kier molecular flexibility index (Phi) is 3.84. The molecule has 0 aliphatic carbocycles. The van der Waals surface area contributed by atoms with Crippen molar-refractivity contribution >= 4 is 11.6 Å². The maximum absolute atomic E-state index is 6.30. The van der Waals surface area contributed by atoms with E-state index in [-0.39, 0.29) is 0 Å². The van der Waals surface area contributed by atoms with E-state index in [0.29, 0.717) is 12.2 Å². The van der Waals surface area contributed by atoms with E-state index in [2.05, 4.69) is 23.8 Å². The lowest BCUT2D eigenvalue weighted by Gasteiger charge is -2.33. The summed E-state index contributed by atoms with van der Waals surface area (Å²) in [4.78, 5) is 4.65. The highest BCUT2D eigenvalue weighted by Gasteiger charge is 2.22. The number of piperazine rings is 1. The molecular formula is C16H22N5. The number of anilines is 2. The van der Waals surface area contributed by atoms with E-state index in [1.807, 2.05) is 35.0 Å². The molecule has 1 fully saturated rings. The maximum Gasteiger partial charge on any atom is 0.156 e. The highest BCUT2D eigenvalue weighted by molar-refractivity contribution is 5.62. The van der Waals surface area contributed by atoms with Crippen LogP contribution in [0.4, 0.5) is 11.6 Å². The summed E-state index contributed by atoms with van der Waals surface area (Å²) in [5.74, 6) is 1.68. The molecule has 5 nitrogen and oxygen atoms in total. The van der Waals surface area contributed by atoms with Gasteiger partial charge in [-0.25, -0.2) is 4.68 Å². The van der Waals surface area contributed by atoms with Crippen molar-refractivity contribution in [2.75, 3.05) is 43.9 Å². The predicted octanol–water partition coefficient (Wildman–Crippen LogP) is 1.58. The van der Waals surface area contributed by atoms with Gasteiger partial charge in [0.05, 0.1) is 5.69 Å². The molecular weight excluding hydrogens is 262 g/mol. The summed E-state index contributed by atoms with van der Waals surface area (Å²) in [6.45, 7) is 8.09. The first-order valence-electron chi connectivity index (χ1n) is 7.36. The molecule has 0 amide bonds. The number of hydrogen-bond donors (Lipinski definition) is 1. The van der Waals surface area contributed by atoms with Crippen LogP contribution >= 0.6 is 0 Å². The number of rotatable bonds is 3. The summed E-state index contributed by atoms with van der Waals surface area (Å²) in [6, 6.07) is 10.0. The third-order valence-electron chi connectivity index (χ3n) is 4.06. The Balaban J connectivity index is 1.98. The van der Waals surface area contributed by atoms with Gasteiger partial charge in [-0.2, -0.15) is 0 Å². The van der Waals surface area contributed by atoms with Crippen LogP contribution in [-0.2, 0) is 6.42 Å². The van der Waals surface area contributed by atoms with Crippen molar-refractivity contribution in [3.8, 4) is 5.69 Å². The number of nitrogens with zero attached hydrogens (tertiary/aromatic N) is 4. The van der Waals surface area contributed by atoms with Crippen molar-refractivity contribution in [3.63, 3.8) is 0 Å². The Morgan fingerprint density at radius 2 is 1.81 bits per heavy atom. The van der Waals surface area contributed by atoms with Crippen molar-refractivity contribution in [2.45, 2.75) is 6.42 Å². The van der Waals surface area contributed by atoms with E-state index in [9.17, 15) is 0 Å². The van der Waals surface area contributed by atoms with Crippen molar-refractivity contribution < 1.29 is 0 Å². The Hall–Kier alpha value is -2.01. The van der Waals surface area contributed by atoms with Gasteiger partial charge in [0.2, 0.25) is 0 Å². The number of likely N-dealkylation sites (N-methyl/N-ethyl adjacent to an activating group) is 1. The first-order valence-corrected chi connectivity index (χ1v) is 7.36. The summed E-state index contributed by atoms with van der Waals surface area (Å²) in [5, 5.41) is 4.76. The topological polar surface area (TPSA) is 50.3 Å². The van der Waals surface area contributed by atoms with Gasteiger partial charge in [0.15, 0.2) is 5.82 Å². The molecule has 0 spiro atoms. The predicted molar refractivity (Wildman–Crippen MR) is 86.7 cm³/mol. The number of aromatic nitrogens is 2. The number of benzene rings is 1. The molecule has 1 aromatic carbocycles. The molecule has 1 aliphatic heterocycles. The summed E-state index contributed by atoms with van der Waals surface area (Å²) < 4.78 is 1.83. The normalized spacial score (nSPS) is 16.4. The molecule has 21 heavy (non-hydrogen) atoms. The van der Waals surface area contributed by atoms with Crippen molar-refractivity contribution in [1.29, 1.82) is 0 Å². The average molecular weight is 284 g/mol. The van der Waals surface area contributed by atoms with Crippen LogP contribution in [0, 0.1) is 6.92 Å². The maximum atomic E-state index is 6.30. The Morgan fingerprint density at radius 1 is 1.14 bits per heavy atom. The highest BCUT2D eigenvalue weighted by Crippen LogP contribution is 2.28. The molecule has 2 N–H and O–H groups in total. The minimum absolute atomic E-state index is 0.653. The lowest BCUT2D eigenvalue weighted by Crippen LogP contribution is -2.45. The molecule has 1 saturated heterocycles. The minimum Gasteiger partial charge on any atom is -0.383 e. The monoisotopic (exact) mass is 284 g/mol. The van der Waals surface area contributed by atoms with Crippen LogP contribution in [0.25, 0.3) is 5.69 Å². The number of para-hydroxylation sites is 1. The van der Waals surface area contributed by atoms with Gasteiger partial charge in [-0.3, -0.25) is 0 Å². The van der Waals surface area contributed by atoms with Gasteiger partial charge in [0.1, 0.15) is 5.82 Å². The molecule has 0 atom stereocenters. The van der Waals surface area contributed by atoms with Gasteiger partial charge in [0, 0.05) is 31.7 Å². The number of nitrogen functional groups attached to an aromatic ring is 1. The highest BCUT2D eigenvalue weighted by atomic mass is 15.4. The van der Waals surface area contributed by atoms with E-state index in [0.717, 1.165) is 43.2 Å². The number of nitrogens with two attached hydrogens (primary N) is 1. The van der Waals surface area contributed by atoms with E-state index < -0.39 is 0 Å². The zero-order valence-electron chi connectivity index (χ0n) is 12.5. The standard InChI is InChI=1S/C16H22N5/c1-3-14-15(17)21(13-7-5-4-6-8-13)18-16(14)20-11-9-19(2)10-12-20/h4-8H,1,3,9-12,17H2,2H3. The first kappa shape index (κ1) is 13.9. The largest absolute Gasteiger partial charge is 0.383 e. The van der Waals surface area contributed by atoms with Crippen molar-refractivity contribution in [3.05, 3.63) is 42.8 Å². The van der Waals surface area contributed by atoms with Crippen molar-refractivity contribution in [2.24, 2.45) is 0 Å². The van der Waals surface area contributed by atoms with Crippen LogP contribution in [-0.4, -0.2) is 47.9 Å². The van der Waals surface area contributed by atoms with E-state index in [1.54, 1.807) is 0 Å². The Bertz CT molecular complexity index is 597. The lowest BCUT2D eigenvalue weighted by atomic mass is 10.2. The molecule has 2 heterocycles. The average Bonchev–Trinajstić information content (AvgIpc) is 2.85. The molecule has 0 saturated carbocycles. The Labute approximate surface area is 126 Å². The van der Waals surface area contributed by atoms with Gasteiger partial charge < -0.3 is 15.5 Å². The second-order valence-corrected chi connectivity index (χ2v) is 5.48. The molecule has 2 aromatic rings. The van der Waals surface area contributed by atoms with Gasteiger partial charge in [0.25, 0.3) is 0 Å². The molecule has 1 aliphatic rings. The summed E-state index contributed by atoms with van der Waals surface area (Å²) >= 11 is 0. The molecule has 111 valence electrons. The quantitative estimate of drug-likeness (QED) is 0.930.